The molecule has 138 valence electrons. The summed E-state index contributed by atoms with van der Waals surface area (Å²) >= 11 is 1.36. The van der Waals surface area contributed by atoms with Crippen LogP contribution in [-0.4, -0.2) is 46.0 Å². The number of non-ortho nitro benzene ring substituents is 1. The molecule has 1 aliphatic rings. The molecule has 0 saturated carbocycles. The summed E-state index contributed by atoms with van der Waals surface area (Å²) in [7, 11) is 0. The lowest BCUT2D eigenvalue weighted by molar-refractivity contribution is -0.384. The van der Waals surface area contributed by atoms with Crippen LogP contribution in [-0.2, 0) is 11.3 Å². The summed E-state index contributed by atoms with van der Waals surface area (Å²) in [5, 5.41) is 15.8. The Bertz CT molecular complexity index is 782. The number of amides is 1. The first-order chi connectivity index (χ1) is 12.4. The monoisotopic (exact) mass is 376 g/mol. The number of benzene rings is 1. The van der Waals surface area contributed by atoms with Gasteiger partial charge in [-0.05, 0) is 26.0 Å². The van der Waals surface area contributed by atoms with Gasteiger partial charge in [0, 0.05) is 42.7 Å². The number of thiazole rings is 1. The molecule has 0 unspecified atom stereocenters. The van der Waals surface area contributed by atoms with Gasteiger partial charge in [-0.25, -0.2) is 4.98 Å². The van der Waals surface area contributed by atoms with E-state index >= 15 is 0 Å². The van der Waals surface area contributed by atoms with Crippen molar-refractivity contribution in [3.63, 3.8) is 0 Å². The Labute approximate surface area is 154 Å². The number of morpholine rings is 1. The number of hydrogen-bond acceptors (Lipinski definition) is 7. The number of nitro groups is 1. The Morgan fingerprint density at radius 3 is 2.62 bits per heavy atom. The zero-order valence-electron chi connectivity index (χ0n) is 14.5. The summed E-state index contributed by atoms with van der Waals surface area (Å²) < 4.78 is 5.73. The molecule has 1 aromatic carbocycles. The molecule has 0 aliphatic carbocycles. The molecule has 9 heteroatoms. The van der Waals surface area contributed by atoms with E-state index in [1.54, 1.807) is 0 Å². The lowest BCUT2D eigenvalue weighted by Crippen LogP contribution is -2.44. The third kappa shape index (κ3) is 4.63. The fourth-order valence-electron chi connectivity index (χ4n) is 2.98. The van der Waals surface area contributed by atoms with Crippen molar-refractivity contribution in [2.45, 2.75) is 32.6 Å². The Morgan fingerprint density at radius 2 is 2.00 bits per heavy atom. The molecule has 0 radical (unpaired) electrons. The van der Waals surface area contributed by atoms with Crippen molar-refractivity contribution >= 4 is 28.1 Å². The third-order valence-electron chi connectivity index (χ3n) is 3.99. The molecule has 0 spiro atoms. The second kappa shape index (κ2) is 7.90. The van der Waals surface area contributed by atoms with Gasteiger partial charge >= 0.3 is 0 Å². The Balaban J connectivity index is 1.59. The minimum absolute atomic E-state index is 0.0490. The molecule has 1 amide bonds. The number of ether oxygens (including phenoxy) is 1. The van der Waals surface area contributed by atoms with Crippen LogP contribution in [0.1, 0.15) is 29.9 Å². The summed E-state index contributed by atoms with van der Waals surface area (Å²) in [5.74, 6) is -0.339. The largest absolute Gasteiger partial charge is 0.373 e. The van der Waals surface area contributed by atoms with Gasteiger partial charge in [0.05, 0.1) is 22.8 Å². The second-order valence-electron chi connectivity index (χ2n) is 6.35. The standard InChI is InChI=1S/C17H20N4O4S/c1-11-7-20(8-12(2)25-11)9-14-10-26-17(18-14)19-16(22)13-3-5-15(6-4-13)21(23)24/h3-6,10-12H,7-9H2,1-2H3,(H,18,19,22)/t11-,12-/m0/s1. The van der Waals surface area contributed by atoms with Crippen molar-refractivity contribution in [2.24, 2.45) is 0 Å². The van der Waals surface area contributed by atoms with Crippen molar-refractivity contribution in [1.82, 2.24) is 9.88 Å². The van der Waals surface area contributed by atoms with Crippen molar-refractivity contribution < 1.29 is 14.5 Å². The molecule has 0 bridgehead atoms. The predicted molar refractivity (Wildman–Crippen MR) is 98.4 cm³/mol. The molecular weight excluding hydrogens is 356 g/mol. The molecular formula is C17H20N4O4S. The van der Waals surface area contributed by atoms with Gasteiger partial charge in [0.25, 0.3) is 11.6 Å². The van der Waals surface area contributed by atoms with Crippen LogP contribution in [0.15, 0.2) is 29.6 Å². The van der Waals surface area contributed by atoms with E-state index in [0.29, 0.717) is 17.2 Å². The minimum Gasteiger partial charge on any atom is -0.373 e. The van der Waals surface area contributed by atoms with E-state index in [9.17, 15) is 14.9 Å². The van der Waals surface area contributed by atoms with Crippen LogP contribution >= 0.6 is 11.3 Å². The van der Waals surface area contributed by atoms with Gasteiger partial charge in [-0.1, -0.05) is 0 Å². The van der Waals surface area contributed by atoms with Crippen molar-refractivity contribution in [1.29, 1.82) is 0 Å². The second-order valence-corrected chi connectivity index (χ2v) is 7.21. The predicted octanol–water partition coefficient (Wildman–Crippen LogP) is 2.91. The lowest BCUT2D eigenvalue weighted by atomic mass is 10.2. The van der Waals surface area contributed by atoms with Gasteiger partial charge in [-0.2, -0.15) is 0 Å². The highest BCUT2D eigenvalue weighted by molar-refractivity contribution is 7.13. The van der Waals surface area contributed by atoms with E-state index in [2.05, 4.69) is 29.0 Å². The molecule has 1 aromatic heterocycles. The van der Waals surface area contributed by atoms with E-state index in [1.165, 1.54) is 35.6 Å². The first kappa shape index (κ1) is 18.4. The lowest BCUT2D eigenvalue weighted by Gasteiger charge is -2.34. The Morgan fingerprint density at radius 1 is 1.35 bits per heavy atom. The van der Waals surface area contributed by atoms with Crippen LogP contribution in [0.3, 0.4) is 0 Å². The van der Waals surface area contributed by atoms with E-state index in [-0.39, 0.29) is 23.8 Å². The van der Waals surface area contributed by atoms with E-state index in [0.717, 1.165) is 18.8 Å². The topological polar surface area (TPSA) is 97.6 Å². The number of rotatable bonds is 5. The van der Waals surface area contributed by atoms with E-state index < -0.39 is 4.92 Å². The summed E-state index contributed by atoms with van der Waals surface area (Å²) in [6, 6.07) is 5.48. The van der Waals surface area contributed by atoms with Gasteiger partial charge in [0.2, 0.25) is 0 Å². The third-order valence-corrected chi connectivity index (χ3v) is 4.80. The molecule has 3 rings (SSSR count). The van der Waals surface area contributed by atoms with Crippen molar-refractivity contribution in [3.05, 3.63) is 51.0 Å². The Kier molecular flexibility index (Phi) is 5.60. The van der Waals surface area contributed by atoms with Gasteiger partial charge in [0.1, 0.15) is 0 Å². The van der Waals surface area contributed by atoms with Gasteiger partial charge in [0.15, 0.2) is 5.13 Å². The van der Waals surface area contributed by atoms with Gasteiger partial charge in [-0.15, -0.1) is 11.3 Å². The average Bonchev–Trinajstić information content (AvgIpc) is 3.00. The molecule has 1 saturated heterocycles. The summed E-state index contributed by atoms with van der Waals surface area (Å²) in [4.78, 5) is 29.2. The zero-order valence-corrected chi connectivity index (χ0v) is 15.4. The number of anilines is 1. The highest BCUT2D eigenvalue weighted by atomic mass is 32.1. The molecule has 1 N–H and O–H groups in total. The number of aromatic nitrogens is 1. The summed E-state index contributed by atoms with van der Waals surface area (Å²) in [6.07, 6.45) is 0.386. The molecule has 2 aromatic rings. The molecule has 1 fully saturated rings. The summed E-state index contributed by atoms with van der Waals surface area (Å²) in [6.45, 7) is 6.53. The number of hydrogen-bond donors (Lipinski definition) is 1. The fraction of sp³-hybridized carbons (Fsp3) is 0.412. The van der Waals surface area contributed by atoms with Crippen molar-refractivity contribution in [2.75, 3.05) is 18.4 Å². The number of carbonyl (C=O) groups excluding carboxylic acids is 1. The number of nitro benzene ring substituents is 1. The molecule has 1 aliphatic heterocycles. The maximum atomic E-state index is 12.2. The average molecular weight is 376 g/mol. The fourth-order valence-corrected chi connectivity index (χ4v) is 3.68. The highest BCUT2D eigenvalue weighted by Gasteiger charge is 2.22. The molecule has 2 atom stereocenters. The van der Waals surface area contributed by atoms with Gasteiger partial charge in [-0.3, -0.25) is 25.1 Å². The SMILES string of the molecule is C[C@H]1CN(Cc2csc(NC(=O)c3ccc([N+](=O)[O-])cc3)n2)C[C@H](C)O1. The molecule has 8 nitrogen and oxygen atoms in total. The first-order valence-electron chi connectivity index (χ1n) is 8.28. The maximum absolute atomic E-state index is 12.2. The van der Waals surface area contributed by atoms with Crippen LogP contribution in [0.2, 0.25) is 0 Å². The van der Waals surface area contributed by atoms with E-state index in [1.807, 2.05) is 5.38 Å². The van der Waals surface area contributed by atoms with Crippen molar-refractivity contribution in [3.8, 4) is 0 Å². The first-order valence-corrected chi connectivity index (χ1v) is 9.16. The smallest absolute Gasteiger partial charge is 0.269 e. The van der Waals surface area contributed by atoms with Crippen LogP contribution in [0, 0.1) is 10.1 Å². The highest BCUT2D eigenvalue weighted by Crippen LogP contribution is 2.20. The van der Waals surface area contributed by atoms with E-state index in [4.69, 9.17) is 4.74 Å². The minimum atomic E-state index is -0.498. The van der Waals surface area contributed by atoms with Crippen LogP contribution < -0.4 is 5.32 Å². The number of nitrogens with one attached hydrogen (secondary N) is 1. The summed E-state index contributed by atoms with van der Waals surface area (Å²) in [5.41, 5.74) is 1.20. The number of carbonyl (C=O) groups is 1. The van der Waals surface area contributed by atoms with Crippen LogP contribution in [0.5, 0.6) is 0 Å². The maximum Gasteiger partial charge on any atom is 0.269 e. The van der Waals surface area contributed by atoms with Crippen LogP contribution in [0.4, 0.5) is 10.8 Å². The van der Waals surface area contributed by atoms with Crippen LogP contribution in [0.25, 0.3) is 0 Å². The Hall–Kier alpha value is -2.36. The molecule has 2 heterocycles. The van der Waals surface area contributed by atoms with Gasteiger partial charge < -0.3 is 4.74 Å². The zero-order chi connectivity index (χ0) is 18.7. The normalized spacial score (nSPS) is 20.7. The number of nitrogens with zero attached hydrogens (tertiary/aromatic N) is 3. The molecule has 26 heavy (non-hydrogen) atoms. The quantitative estimate of drug-likeness (QED) is 0.636.